The van der Waals surface area contributed by atoms with E-state index in [0.29, 0.717) is 10.7 Å². The molecule has 164 valence electrons. The Kier molecular flexibility index (Phi) is 7.11. The van der Waals surface area contributed by atoms with Crippen molar-refractivity contribution in [1.29, 1.82) is 0 Å². The molecule has 32 heavy (non-hydrogen) atoms. The highest BCUT2D eigenvalue weighted by molar-refractivity contribution is 7.14. The molecule has 9 heteroatoms. The molecular formula is C23H21N3O5S. The van der Waals surface area contributed by atoms with Gasteiger partial charge in [0.2, 0.25) is 0 Å². The number of ether oxygens (including phenoxy) is 1. The summed E-state index contributed by atoms with van der Waals surface area (Å²) in [5, 5.41) is 15.6. The van der Waals surface area contributed by atoms with Crippen LogP contribution in [0.5, 0.6) is 0 Å². The zero-order valence-corrected chi connectivity index (χ0v) is 18.6. The number of nitro groups is 1. The lowest BCUT2D eigenvalue weighted by Crippen LogP contribution is -2.20. The molecule has 0 atom stereocenters. The van der Waals surface area contributed by atoms with Gasteiger partial charge < -0.3 is 4.74 Å². The highest BCUT2D eigenvalue weighted by Crippen LogP contribution is 2.31. The minimum atomic E-state index is -0.704. The van der Waals surface area contributed by atoms with E-state index >= 15 is 0 Å². The van der Waals surface area contributed by atoms with Crippen molar-refractivity contribution in [3.63, 3.8) is 0 Å². The van der Waals surface area contributed by atoms with E-state index < -0.39 is 23.4 Å². The van der Waals surface area contributed by atoms with E-state index in [0.717, 1.165) is 28.5 Å². The van der Waals surface area contributed by atoms with Crippen molar-refractivity contribution in [2.45, 2.75) is 20.8 Å². The predicted molar refractivity (Wildman–Crippen MR) is 123 cm³/mol. The van der Waals surface area contributed by atoms with Crippen LogP contribution in [0.3, 0.4) is 0 Å². The van der Waals surface area contributed by atoms with Crippen molar-refractivity contribution < 1.29 is 19.2 Å². The molecule has 1 amide bonds. The average molecular weight is 452 g/mol. The molecule has 0 saturated heterocycles. The molecule has 3 aromatic rings. The molecule has 0 spiro atoms. The highest BCUT2D eigenvalue weighted by Gasteiger charge is 2.13. The van der Waals surface area contributed by atoms with E-state index in [1.54, 1.807) is 0 Å². The van der Waals surface area contributed by atoms with Gasteiger partial charge in [-0.15, -0.1) is 11.3 Å². The third kappa shape index (κ3) is 5.86. The standard InChI is InChI=1S/C23H21N3O5S/c1-14-10-15(2)22(16(3)11-14)19-13-32-23(24-19)25-20(27)12-31-21(28)9-6-17-4-7-18(8-5-17)26(29)30/h4-11,13H,12H2,1-3H3,(H,24,25,27). The number of carbonyl (C=O) groups is 2. The molecule has 1 heterocycles. The fraction of sp³-hybridized carbons (Fsp3) is 0.174. The lowest BCUT2D eigenvalue weighted by atomic mass is 9.98. The first-order chi connectivity index (χ1) is 15.2. The van der Waals surface area contributed by atoms with Gasteiger partial charge in [-0.3, -0.25) is 20.2 Å². The zero-order chi connectivity index (χ0) is 23.3. The monoisotopic (exact) mass is 451 g/mol. The maximum atomic E-state index is 12.1. The molecule has 0 aliphatic rings. The summed E-state index contributed by atoms with van der Waals surface area (Å²) in [6.45, 7) is 5.63. The van der Waals surface area contributed by atoms with Crippen molar-refractivity contribution in [2.24, 2.45) is 0 Å². The number of anilines is 1. The number of rotatable bonds is 7. The second kappa shape index (κ2) is 9.97. The van der Waals surface area contributed by atoms with E-state index in [2.05, 4.69) is 22.4 Å². The Morgan fingerprint density at radius 2 is 1.81 bits per heavy atom. The first kappa shape index (κ1) is 22.8. The molecular weight excluding hydrogens is 430 g/mol. The van der Waals surface area contributed by atoms with Crippen LogP contribution in [0, 0.1) is 30.9 Å². The number of aryl methyl sites for hydroxylation is 3. The van der Waals surface area contributed by atoms with E-state index in [1.165, 1.54) is 47.2 Å². The second-order valence-corrected chi connectivity index (χ2v) is 8.01. The van der Waals surface area contributed by atoms with E-state index in [1.807, 2.05) is 26.2 Å². The molecule has 8 nitrogen and oxygen atoms in total. The minimum Gasteiger partial charge on any atom is -0.452 e. The van der Waals surface area contributed by atoms with Crippen LogP contribution in [0.2, 0.25) is 0 Å². The Morgan fingerprint density at radius 1 is 1.16 bits per heavy atom. The molecule has 0 radical (unpaired) electrons. The molecule has 0 unspecified atom stereocenters. The summed E-state index contributed by atoms with van der Waals surface area (Å²) >= 11 is 1.29. The highest BCUT2D eigenvalue weighted by atomic mass is 32.1. The van der Waals surface area contributed by atoms with E-state index in [4.69, 9.17) is 4.74 Å². The van der Waals surface area contributed by atoms with Gasteiger partial charge in [0.25, 0.3) is 11.6 Å². The Labute approximate surface area is 188 Å². The smallest absolute Gasteiger partial charge is 0.331 e. The topological polar surface area (TPSA) is 111 Å². The van der Waals surface area contributed by atoms with E-state index in [9.17, 15) is 19.7 Å². The number of carbonyl (C=O) groups excluding carboxylic acids is 2. The molecule has 0 saturated carbocycles. The number of non-ortho nitro benzene ring substituents is 1. The maximum Gasteiger partial charge on any atom is 0.331 e. The summed E-state index contributed by atoms with van der Waals surface area (Å²) in [6, 6.07) is 9.85. The van der Waals surface area contributed by atoms with Crippen LogP contribution in [0.25, 0.3) is 17.3 Å². The lowest BCUT2D eigenvalue weighted by molar-refractivity contribution is -0.384. The molecule has 0 fully saturated rings. The number of hydrogen-bond donors (Lipinski definition) is 1. The number of benzene rings is 2. The summed E-state index contributed by atoms with van der Waals surface area (Å²) in [5.41, 5.74) is 5.77. The quantitative estimate of drug-likeness (QED) is 0.238. The summed E-state index contributed by atoms with van der Waals surface area (Å²) < 4.78 is 4.93. The van der Waals surface area contributed by atoms with Crippen LogP contribution in [-0.2, 0) is 14.3 Å². The van der Waals surface area contributed by atoms with Crippen LogP contribution in [0.15, 0.2) is 47.9 Å². The number of aromatic nitrogens is 1. The summed E-state index contributed by atoms with van der Waals surface area (Å²) in [4.78, 5) is 38.6. The molecule has 1 N–H and O–H groups in total. The number of nitro benzene ring substituents is 1. The van der Waals surface area contributed by atoms with Crippen LogP contribution in [0.4, 0.5) is 10.8 Å². The normalized spacial score (nSPS) is 10.8. The fourth-order valence-electron chi connectivity index (χ4n) is 3.24. The van der Waals surface area contributed by atoms with Gasteiger partial charge in [-0.05, 0) is 55.7 Å². The second-order valence-electron chi connectivity index (χ2n) is 7.15. The van der Waals surface area contributed by atoms with Crippen LogP contribution < -0.4 is 5.32 Å². The van der Waals surface area contributed by atoms with E-state index in [-0.39, 0.29) is 5.69 Å². The van der Waals surface area contributed by atoms with Crippen molar-refractivity contribution in [3.05, 3.63) is 80.2 Å². The number of hydrogen-bond acceptors (Lipinski definition) is 7. The SMILES string of the molecule is Cc1cc(C)c(-c2csc(NC(=O)COC(=O)C=Cc3ccc([N+](=O)[O-])cc3)n2)c(C)c1. The largest absolute Gasteiger partial charge is 0.452 e. The Morgan fingerprint density at radius 3 is 2.44 bits per heavy atom. The third-order valence-corrected chi connectivity index (χ3v) is 5.30. The van der Waals surface area contributed by atoms with Gasteiger partial charge in [0.05, 0.1) is 10.6 Å². The number of esters is 1. The van der Waals surface area contributed by atoms with Crippen molar-refractivity contribution >= 4 is 40.1 Å². The number of amides is 1. The first-order valence-electron chi connectivity index (χ1n) is 9.66. The average Bonchev–Trinajstić information content (AvgIpc) is 3.18. The fourth-order valence-corrected chi connectivity index (χ4v) is 3.96. The molecule has 2 aromatic carbocycles. The van der Waals surface area contributed by atoms with Gasteiger partial charge in [-0.25, -0.2) is 9.78 Å². The van der Waals surface area contributed by atoms with Gasteiger partial charge in [0, 0.05) is 29.2 Å². The Balaban J connectivity index is 1.53. The zero-order valence-electron chi connectivity index (χ0n) is 17.7. The van der Waals surface area contributed by atoms with Gasteiger partial charge in [-0.1, -0.05) is 17.7 Å². The number of thiazole rings is 1. The number of nitrogens with zero attached hydrogens (tertiary/aromatic N) is 2. The molecule has 1 aromatic heterocycles. The van der Waals surface area contributed by atoms with Gasteiger partial charge in [0.1, 0.15) is 0 Å². The summed E-state index contributed by atoms with van der Waals surface area (Å²) in [7, 11) is 0. The van der Waals surface area contributed by atoms with Crippen molar-refractivity contribution in [3.8, 4) is 11.3 Å². The van der Waals surface area contributed by atoms with Gasteiger partial charge in [-0.2, -0.15) is 0 Å². The Hall–Kier alpha value is -3.85. The van der Waals surface area contributed by atoms with Gasteiger partial charge >= 0.3 is 5.97 Å². The lowest BCUT2D eigenvalue weighted by Gasteiger charge is -2.08. The van der Waals surface area contributed by atoms with Crippen LogP contribution in [0.1, 0.15) is 22.3 Å². The van der Waals surface area contributed by atoms with Gasteiger partial charge in [0.15, 0.2) is 11.7 Å². The van der Waals surface area contributed by atoms with Crippen molar-refractivity contribution in [1.82, 2.24) is 4.98 Å². The van der Waals surface area contributed by atoms with Crippen LogP contribution in [-0.4, -0.2) is 28.4 Å². The minimum absolute atomic E-state index is 0.0422. The summed E-state index contributed by atoms with van der Waals surface area (Å²) in [5.74, 6) is -1.20. The molecule has 0 bridgehead atoms. The molecule has 0 aliphatic carbocycles. The maximum absolute atomic E-state index is 12.1. The van der Waals surface area contributed by atoms with Crippen LogP contribution >= 0.6 is 11.3 Å². The first-order valence-corrected chi connectivity index (χ1v) is 10.5. The molecule has 0 aliphatic heterocycles. The predicted octanol–water partition coefficient (Wildman–Crippen LogP) is 4.84. The Bertz CT molecular complexity index is 1180. The summed E-state index contributed by atoms with van der Waals surface area (Å²) in [6.07, 6.45) is 2.60. The number of nitrogens with one attached hydrogen (secondary N) is 1. The molecule has 3 rings (SSSR count). The third-order valence-electron chi connectivity index (χ3n) is 4.55. The van der Waals surface area contributed by atoms with Crippen molar-refractivity contribution in [2.75, 3.05) is 11.9 Å².